The van der Waals surface area contributed by atoms with Crippen molar-refractivity contribution >= 4 is 11.0 Å². The van der Waals surface area contributed by atoms with Crippen LogP contribution in [-0.2, 0) is 0 Å². The third-order valence-electron chi connectivity index (χ3n) is 2.30. The molecule has 62 valence electrons. The Balaban J connectivity index is 2.89. The number of nitrogens with zero attached hydrogens (tertiary/aromatic N) is 1. The van der Waals surface area contributed by atoms with Gasteiger partial charge in [0.15, 0.2) is 0 Å². The van der Waals surface area contributed by atoms with Gasteiger partial charge in [0.05, 0.1) is 11.0 Å². The van der Waals surface area contributed by atoms with Crippen molar-refractivity contribution in [3.63, 3.8) is 0 Å². The second-order valence-corrected chi connectivity index (χ2v) is 3.23. The van der Waals surface area contributed by atoms with Crippen LogP contribution in [0.2, 0.25) is 0 Å². The molecule has 0 atom stereocenters. The number of aromatic nitrogens is 2. The number of benzene rings is 1. The van der Waals surface area contributed by atoms with E-state index in [0.717, 1.165) is 16.9 Å². The van der Waals surface area contributed by atoms with Gasteiger partial charge >= 0.3 is 0 Å². The van der Waals surface area contributed by atoms with Crippen LogP contribution in [0.5, 0.6) is 0 Å². The zero-order chi connectivity index (χ0) is 8.72. The van der Waals surface area contributed by atoms with E-state index in [4.69, 9.17) is 0 Å². The van der Waals surface area contributed by atoms with Gasteiger partial charge < -0.3 is 4.98 Å². The largest absolute Gasteiger partial charge is 0.342 e. The highest BCUT2D eigenvalue weighted by atomic mass is 14.9. The third kappa shape index (κ3) is 0.916. The number of imidazole rings is 1. The Labute approximate surface area is 71.6 Å². The van der Waals surface area contributed by atoms with E-state index >= 15 is 0 Å². The lowest BCUT2D eigenvalue weighted by molar-refractivity contribution is 1.17. The molecule has 12 heavy (non-hydrogen) atoms. The van der Waals surface area contributed by atoms with Crippen LogP contribution in [0.3, 0.4) is 0 Å². The van der Waals surface area contributed by atoms with Gasteiger partial charge in [-0.25, -0.2) is 4.98 Å². The Morgan fingerprint density at radius 1 is 1.17 bits per heavy atom. The van der Waals surface area contributed by atoms with E-state index in [1.54, 1.807) is 0 Å². The summed E-state index contributed by atoms with van der Waals surface area (Å²) in [5.74, 6) is 0.985. The van der Waals surface area contributed by atoms with Gasteiger partial charge in [-0.1, -0.05) is 6.07 Å². The Morgan fingerprint density at radius 3 is 2.67 bits per heavy atom. The summed E-state index contributed by atoms with van der Waals surface area (Å²) in [4.78, 5) is 7.63. The van der Waals surface area contributed by atoms with Crippen LogP contribution >= 0.6 is 0 Å². The molecular formula is C10H12N2. The first-order valence-corrected chi connectivity index (χ1v) is 4.11. The van der Waals surface area contributed by atoms with Gasteiger partial charge in [0.25, 0.3) is 0 Å². The van der Waals surface area contributed by atoms with Crippen LogP contribution in [0.25, 0.3) is 11.0 Å². The molecule has 0 radical (unpaired) electrons. The molecule has 1 aromatic heterocycles. The lowest BCUT2D eigenvalue weighted by atomic mass is 10.1. The lowest BCUT2D eigenvalue weighted by Crippen LogP contribution is -1.81. The molecule has 0 saturated heterocycles. The Morgan fingerprint density at radius 2 is 1.92 bits per heavy atom. The van der Waals surface area contributed by atoms with Crippen molar-refractivity contribution in [3.05, 3.63) is 29.1 Å². The lowest BCUT2D eigenvalue weighted by Gasteiger charge is -1.98. The van der Waals surface area contributed by atoms with Gasteiger partial charge in [-0.15, -0.1) is 0 Å². The van der Waals surface area contributed by atoms with Crippen LogP contribution in [0.15, 0.2) is 12.1 Å². The fourth-order valence-corrected chi connectivity index (χ4v) is 1.44. The molecule has 0 bridgehead atoms. The molecule has 1 N–H and O–H groups in total. The molecule has 0 aliphatic carbocycles. The number of aromatic amines is 1. The maximum atomic E-state index is 4.42. The van der Waals surface area contributed by atoms with Crippen LogP contribution in [-0.4, -0.2) is 9.97 Å². The molecule has 0 aliphatic rings. The van der Waals surface area contributed by atoms with Gasteiger partial charge in [-0.2, -0.15) is 0 Å². The molecule has 2 aromatic rings. The van der Waals surface area contributed by atoms with Gasteiger partial charge in [0.1, 0.15) is 5.82 Å². The van der Waals surface area contributed by atoms with Gasteiger partial charge in [0.2, 0.25) is 0 Å². The molecule has 0 unspecified atom stereocenters. The second kappa shape index (κ2) is 2.34. The van der Waals surface area contributed by atoms with Crippen molar-refractivity contribution in [1.29, 1.82) is 0 Å². The molecule has 1 heterocycles. The van der Waals surface area contributed by atoms with Gasteiger partial charge in [-0.05, 0) is 38.0 Å². The normalized spacial score (nSPS) is 10.9. The molecule has 0 spiro atoms. The molecule has 2 nitrogen and oxygen atoms in total. The predicted molar refractivity (Wildman–Crippen MR) is 50.3 cm³/mol. The molecule has 0 amide bonds. The van der Waals surface area contributed by atoms with Crippen molar-refractivity contribution in [2.24, 2.45) is 0 Å². The number of aryl methyl sites for hydroxylation is 3. The van der Waals surface area contributed by atoms with Crippen molar-refractivity contribution < 1.29 is 0 Å². The fraction of sp³-hybridized carbons (Fsp3) is 0.300. The number of fused-ring (bicyclic) bond motifs is 1. The number of H-pyrrole nitrogens is 1. The van der Waals surface area contributed by atoms with E-state index in [-0.39, 0.29) is 0 Å². The highest BCUT2D eigenvalue weighted by Crippen LogP contribution is 2.18. The molecule has 2 heteroatoms. The zero-order valence-electron chi connectivity index (χ0n) is 7.60. The molecule has 2 rings (SSSR count). The summed E-state index contributed by atoms with van der Waals surface area (Å²) >= 11 is 0. The predicted octanol–water partition coefficient (Wildman–Crippen LogP) is 2.49. The minimum absolute atomic E-state index is 0.985. The van der Waals surface area contributed by atoms with Crippen molar-refractivity contribution in [2.45, 2.75) is 20.8 Å². The maximum absolute atomic E-state index is 4.42. The first-order valence-electron chi connectivity index (χ1n) is 4.11. The number of hydrogen-bond donors (Lipinski definition) is 1. The highest BCUT2D eigenvalue weighted by molar-refractivity contribution is 5.79. The van der Waals surface area contributed by atoms with Crippen LogP contribution in [0, 0.1) is 20.8 Å². The quantitative estimate of drug-likeness (QED) is 0.630. The first kappa shape index (κ1) is 7.35. The number of hydrogen-bond acceptors (Lipinski definition) is 1. The minimum atomic E-state index is 0.985. The maximum Gasteiger partial charge on any atom is 0.104 e. The summed E-state index contributed by atoms with van der Waals surface area (Å²) in [6, 6.07) is 4.20. The van der Waals surface area contributed by atoms with E-state index in [1.165, 1.54) is 11.1 Å². The SMILES string of the molecule is Cc1nc2c(C)c(C)ccc2[nH]1. The third-order valence-corrected chi connectivity index (χ3v) is 2.30. The average Bonchev–Trinajstić information content (AvgIpc) is 2.39. The summed E-state index contributed by atoms with van der Waals surface area (Å²) in [5.41, 5.74) is 4.81. The molecule has 0 fully saturated rings. The monoisotopic (exact) mass is 160 g/mol. The van der Waals surface area contributed by atoms with Gasteiger partial charge in [0, 0.05) is 0 Å². The van der Waals surface area contributed by atoms with Crippen LogP contribution in [0.4, 0.5) is 0 Å². The average molecular weight is 160 g/mol. The Hall–Kier alpha value is -1.31. The van der Waals surface area contributed by atoms with Gasteiger partial charge in [-0.3, -0.25) is 0 Å². The minimum Gasteiger partial charge on any atom is -0.342 e. The van der Waals surface area contributed by atoms with E-state index in [2.05, 4.69) is 35.9 Å². The zero-order valence-corrected chi connectivity index (χ0v) is 7.60. The molecule has 1 aromatic carbocycles. The van der Waals surface area contributed by atoms with Crippen molar-refractivity contribution in [2.75, 3.05) is 0 Å². The van der Waals surface area contributed by atoms with E-state index < -0.39 is 0 Å². The topological polar surface area (TPSA) is 28.7 Å². The van der Waals surface area contributed by atoms with Crippen molar-refractivity contribution in [3.8, 4) is 0 Å². The van der Waals surface area contributed by atoms with E-state index in [0.29, 0.717) is 0 Å². The summed E-state index contributed by atoms with van der Waals surface area (Å²) in [7, 11) is 0. The molecule has 0 saturated carbocycles. The highest BCUT2D eigenvalue weighted by Gasteiger charge is 2.03. The Bertz CT molecular complexity index is 427. The second-order valence-electron chi connectivity index (χ2n) is 3.23. The summed E-state index contributed by atoms with van der Waals surface area (Å²) < 4.78 is 0. The first-order chi connectivity index (χ1) is 5.68. The van der Waals surface area contributed by atoms with E-state index in [9.17, 15) is 0 Å². The Kier molecular flexibility index (Phi) is 1.43. The summed E-state index contributed by atoms with van der Waals surface area (Å²) in [6.45, 7) is 6.20. The smallest absolute Gasteiger partial charge is 0.104 e. The summed E-state index contributed by atoms with van der Waals surface area (Å²) in [5, 5.41) is 0. The summed E-state index contributed by atoms with van der Waals surface area (Å²) in [6.07, 6.45) is 0. The standard InChI is InChI=1S/C10H12N2/c1-6-4-5-9-10(7(6)2)12-8(3)11-9/h4-5H,1-3H3,(H,11,12). The fourth-order valence-electron chi connectivity index (χ4n) is 1.44. The number of nitrogens with one attached hydrogen (secondary N) is 1. The number of rotatable bonds is 0. The molecular weight excluding hydrogens is 148 g/mol. The molecule has 0 aliphatic heterocycles. The van der Waals surface area contributed by atoms with Crippen LogP contribution < -0.4 is 0 Å². The van der Waals surface area contributed by atoms with Crippen LogP contribution in [0.1, 0.15) is 17.0 Å². The van der Waals surface area contributed by atoms with Crippen molar-refractivity contribution in [1.82, 2.24) is 9.97 Å². The van der Waals surface area contributed by atoms with E-state index in [1.807, 2.05) is 6.92 Å².